The Morgan fingerprint density at radius 1 is 0.694 bits per heavy atom. The van der Waals surface area contributed by atoms with E-state index in [-0.39, 0.29) is 50.1 Å². The van der Waals surface area contributed by atoms with Crippen LogP contribution < -0.4 is 64.1 Å². The van der Waals surface area contributed by atoms with E-state index in [0.717, 1.165) is 54.7 Å². The van der Waals surface area contributed by atoms with Gasteiger partial charge in [0.05, 0.1) is 57.0 Å². The Kier molecular flexibility index (Phi) is 30.8. The number of nitrogens with two attached hydrogens (primary N) is 2. The van der Waals surface area contributed by atoms with Gasteiger partial charge in [0.15, 0.2) is 0 Å². The molecule has 0 aliphatic carbocycles. The normalized spacial score (nSPS) is 17.0. The fourth-order valence-electron chi connectivity index (χ4n) is 12.9. The zero-order valence-electron chi connectivity index (χ0n) is 62.1. The van der Waals surface area contributed by atoms with E-state index >= 15 is 4.39 Å². The number of carbonyl (C=O) groups is 14. The van der Waals surface area contributed by atoms with E-state index in [0.29, 0.717) is 42.9 Å². The fourth-order valence-corrected chi connectivity index (χ4v) is 12.9. The van der Waals surface area contributed by atoms with E-state index < -0.39 is 193 Å². The Hall–Kier alpha value is -11.8. The predicted molar refractivity (Wildman–Crippen MR) is 393 cm³/mol. The number of carbonyl (C=O) groups excluding carboxylic acids is 12. The van der Waals surface area contributed by atoms with E-state index in [1.54, 1.807) is 41.4 Å². The van der Waals surface area contributed by atoms with Gasteiger partial charge in [-0.25, -0.2) is 9.37 Å². The third-order valence-electron chi connectivity index (χ3n) is 19.3. The molecule has 1 aromatic heterocycles. The van der Waals surface area contributed by atoms with E-state index in [1.807, 2.05) is 43.3 Å². The van der Waals surface area contributed by atoms with Crippen LogP contribution in [0.15, 0.2) is 104 Å². The molecule has 1 saturated heterocycles. The van der Waals surface area contributed by atoms with Crippen molar-refractivity contribution in [1.82, 2.24) is 67.6 Å². The number of aryl methyl sites for hydroxylation is 1. The predicted octanol–water partition coefficient (Wildman–Crippen LogP) is -2.19. The lowest BCUT2D eigenvalue weighted by atomic mass is 9.90. The van der Waals surface area contributed by atoms with Crippen LogP contribution in [0.1, 0.15) is 113 Å². The van der Waals surface area contributed by atoms with Gasteiger partial charge in [-0.1, -0.05) is 79.7 Å². The average molecular weight is 1550 g/mol. The molecule has 36 heteroatoms. The summed E-state index contributed by atoms with van der Waals surface area (Å²) in [5, 5.41) is 72.9. The largest absolute Gasteiger partial charge is 0.497 e. The van der Waals surface area contributed by atoms with Crippen LogP contribution in [0.25, 0.3) is 11.1 Å². The number of aromatic amines is 1. The van der Waals surface area contributed by atoms with Crippen LogP contribution in [0.4, 0.5) is 4.39 Å². The molecule has 0 spiro atoms. The SMILES string of the molecule is CCc1cc(OC)ccc1-c1ccc(C[C@H](NC(=O)[C@H](CC(=O)O)NC(=O)[C@H](CO)NC(=O)[C@@H](NC(=O)[C@](C)(Cc2ccccc2F)NC(=O)[C@@H](NC(=O)CNC(=O)[C@H](CCC(=O)O)NC(=O)[C@]2(C)CCCN2C(=O)[C@@H](N)Cc2c[nH]cn2)[C@@H](C)O)[C@@H](C)O)C(=O)N[C@@H](CCC(=O)N2Cc3ccccc3C2)C(N)=O)cc1. The smallest absolute Gasteiger partial charge is 0.305 e. The van der Waals surface area contributed by atoms with Crippen LogP contribution in [0.5, 0.6) is 5.75 Å². The number of aliphatic carboxylic acids is 2. The number of aliphatic hydroxyl groups is 3. The average Bonchev–Trinajstić information content (AvgIpc) is 1.66. The van der Waals surface area contributed by atoms with Gasteiger partial charge in [0, 0.05) is 57.9 Å². The van der Waals surface area contributed by atoms with Crippen molar-refractivity contribution >= 4 is 82.8 Å². The number of hydrogen-bond acceptors (Lipinski definition) is 20. The van der Waals surface area contributed by atoms with Crippen LogP contribution >= 0.6 is 0 Å². The molecule has 19 N–H and O–H groups in total. The van der Waals surface area contributed by atoms with E-state index in [9.17, 15) is 92.7 Å². The van der Waals surface area contributed by atoms with E-state index in [4.69, 9.17) is 16.2 Å². The molecular weight excluding hydrogens is 1450 g/mol. The van der Waals surface area contributed by atoms with Gasteiger partial charge in [-0.3, -0.25) is 67.1 Å². The van der Waals surface area contributed by atoms with Gasteiger partial charge in [-0.05, 0) is 117 Å². The lowest BCUT2D eigenvalue weighted by molar-refractivity contribution is -0.146. The summed E-state index contributed by atoms with van der Waals surface area (Å²) in [6.07, 6.45) is -3.62. The van der Waals surface area contributed by atoms with Crippen LogP contribution in [0.2, 0.25) is 0 Å². The summed E-state index contributed by atoms with van der Waals surface area (Å²) in [4.78, 5) is 201. The summed E-state index contributed by atoms with van der Waals surface area (Å²) in [6.45, 7) is 4.93. The minimum atomic E-state index is -2.44. The summed E-state index contributed by atoms with van der Waals surface area (Å²) in [5.41, 5.74) is 13.1. The number of ether oxygens (including phenoxy) is 1. The number of carboxylic acids is 2. The number of primary amides is 1. The number of fused-ring (bicyclic) bond motifs is 1. The second-order valence-corrected chi connectivity index (χ2v) is 27.7. The van der Waals surface area contributed by atoms with Crippen molar-refractivity contribution in [3.63, 3.8) is 0 Å². The first-order valence-corrected chi connectivity index (χ1v) is 35.9. The number of hydrogen-bond donors (Lipinski definition) is 17. The van der Waals surface area contributed by atoms with Crippen molar-refractivity contribution in [2.45, 2.75) is 190 Å². The highest BCUT2D eigenvalue weighted by atomic mass is 19.1. The first-order valence-electron chi connectivity index (χ1n) is 35.9. The molecule has 12 amide bonds. The van der Waals surface area contributed by atoms with Gasteiger partial charge in [-0.15, -0.1) is 0 Å². The summed E-state index contributed by atoms with van der Waals surface area (Å²) in [6, 6.07) is 10.4. The maximum absolute atomic E-state index is 15.5. The minimum Gasteiger partial charge on any atom is -0.497 e. The van der Waals surface area contributed by atoms with Crippen LogP contribution in [-0.4, -0.2) is 227 Å². The number of aromatic nitrogens is 2. The van der Waals surface area contributed by atoms with E-state index in [1.165, 1.54) is 43.5 Å². The van der Waals surface area contributed by atoms with Crippen molar-refractivity contribution in [3.05, 3.63) is 143 Å². The van der Waals surface area contributed by atoms with Crippen LogP contribution in [0.3, 0.4) is 0 Å². The molecule has 1 fully saturated rings. The molecule has 2 aliphatic rings. The van der Waals surface area contributed by atoms with Gasteiger partial charge in [0.25, 0.3) is 0 Å². The number of likely N-dealkylation sites (tertiary alicyclic amines) is 1. The number of amides is 12. The number of imidazole rings is 1. The number of rotatable bonds is 40. The van der Waals surface area contributed by atoms with Gasteiger partial charge >= 0.3 is 11.9 Å². The molecule has 0 bridgehead atoms. The second kappa shape index (κ2) is 39.6. The topological polar surface area (TPSA) is 545 Å². The monoisotopic (exact) mass is 1550 g/mol. The minimum absolute atomic E-state index is 0.0263. The summed E-state index contributed by atoms with van der Waals surface area (Å²) >= 11 is 0. The standard InChI is InChI=1S/C75H96FN15O20/c1-7-43-30-49(111-6)21-22-50(43)44-19-17-42(18-20-44)29-55(66(103)82-53(64(78)101)23-25-59(96)90-36-46-14-8-9-15-47(46)37-90)83-67(104)56(32-61(99)100)84-68(105)57(38-92)85-69(106)62(40(2)93)88-72(109)74(4,33-45-13-10-11-16-51(45)76)89-70(107)63(41(3)94)87-58(95)35-80-65(102)54(24-26-60(97)98)86-73(110)75(5)27-12-28-91(75)71(108)52(77)31-48-34-79-39-81-48/h8-11,13-22,30,34,39-41,52-57,62-63,92-94H,7,12,23-29,31-33,35-38,77H2,1-6H3,(H2,78,101)(H,79,81)(H,80,102)(H,82,103)(H,83,104)(H,84,105)(H,85,106)(H,86,110)(H,87,95)(H,88,109)(H,89,107)(H,97,98)(H,99,100)/t40-,41-,52+,53+,54+,55+,56+,57+,62+,63+,74+,75+/m1/s1. The highest BCUT2D eigenvalue weighted by molar-refractivity contribution is 6.01. The molecule has 2 aliphatic heterocycles. The van der Waals surface area contributed by atoms with Crippen LogP contribution in [0, 0.1) is 5.82 Å². The number of nitrogens with one attached hydrogen (secondary N) is 10. The van der Waals surface area contributed by atoms with Gasteiger partial charge in [-0.2, -0.15) is 0 Å². The number of H-pyrrole nitrogens is 1. The Bertz CT molecular complexity index is 4200. The number of benzene rings is 4. The number of aliphatic hydroxyl groups excluding tert-OH is 3. The van der Waals surface area contributed by atoms with Gasteiger partial charge in [0.1, 0.15) is 64.9 Å². The Balaban J connectivity index is 1.04. The maximum Gasteiger partial charge on any atom is 0.305 e. The molecule has 5 aromatic rings. The summed E-state index contributed by atoms with van der Waals surface area (Å²) < 4.78 is 20.9. The molecule has 0 saturated carbocycles. The Labute approximate surface area is 637 Å². The molecule has 4 aromatic carbocycles. The molecule has 598 valence electrons. The van der Waals surface area contributed by atoms with Crippen molar-refractivity contribution in [3.8, 4) is 16.9 Å². The quantitative estimate of drug-likeness (QED) is 0.0198. The molecule has 111 heavy (non-hydrogen) atoms. The zero-order valence-corrected chi connectivity index (χ0v) is 62.1. The lowest BCUT2D eigenvalue weighted by Crippen LogP contribution is -2.67. The molecule has 7 rings (SSSR count). The number of halogens is 1. The highest BCUT2D eigenvalue weighted by Crippen LogP contribution is 2.32. The molecule has 0 radical (unpaired) electrons. The lowest BCUT2D eigenvalue weighted by Gasteiger charge is -2.36. The van der Waals surface area contributed by atoms with Crippen molar-refractivity contribution in [2.75, 3.05) is 26.8 Å². The van der Waals surface area contributed by atoms with Gasteiger partial charge < -0.3 is 104 Å². The van der Waals surface area contributed by atoms with Crippen LogP contribution in [-0.2, 0) is 106 Å². The Morgan fingerprint density at radius 3 is 1.89 bits per heavy atom. The van der Waals surface area contributed by atoms with Crippen molar-refractivity contribution < 1.29 is 102 Å². The molecule has 0 unspecified atom stereocenters. The number of carboxylic acid groups (broad SMARTS) is 2. The first-order chi connectivity index (χ1) is 52.6. The first kappa shape index (κ1) is 86.5. The van der Waals surface area contributed by atoms with E-state index in [2.05, 4.69) is 57.8 Å². The van der Waals surface area contributed by atoms with Gasteiger partial charge in [0.2, 0.25) is 70.9 Å². The third-order valence-corrected chi connectivity index (χ3v) is 19.3. The second-order valence-electron chi connectivity index (χ2n) is 27.7. The molecule has 12 atom stereocenters. The maximum atomic E-state index is 15.5. The summed E-state index contributed by atoms with van der Waals surface area (Å²) in [5.74, 6) is -16.3. The third kappa shape index (κ3) is 23.6. The molecular formula is C75H96FN15O20. The zero-order chi connectivity index (χ0) is 81.6. The number of methoxy groups -OCH3 is 1. The van der Waals surface area contributed by atoms with Crippen molar-refractivity contribution in [1.29, 1.82) is 0 Å². The fraction of sp³-hybridized carbons (Fsp3) is 0.453. The highest BCUT2D eigenvalue weighted by Gasteiger charge is 2.48. The Morgan fingerprint density at radius 2 is 1.30 bits per heavy atom. The number of nitrogens with zero attached hydrogens (tertiary/aromatic N) is 3. The molecule has 35 nitrogen and oxygen atoms in total. The van der Waals surface area contributed by atoms with Crippen molar-refractivity contribution in [2.24, 2.45) is 11.5 Å². The molecule has 3 heterocycles. The summed E-state index contributed by atoms with van der Waals surface area (Å²) in [7, 11) is 1.54.